The molecule has 9 heteroatoms. The predicted molar refractivity (Wildman–Crippen MR) is 33.5 cm³/mol. The van der Waals surface area contributed by atoms with E-state index < -0.39 is 31.6 Å². The van der Waals surface area contributed by atoms with Crippen LogP contribution < -0.4 is 0 Å². The summed E-state index contributed by atoms with van der Waals surface area (Å²) in [5.74, 6) is 0. The van der Waals surface area contributed by atoms with Crippen LogP contribution in [0.2, 0.25) is 0 Å². The summed E-state index contributed by atoms with van der Waals surface area (Å²) in [5.41, 5.74) is 0. The highest BCUT2D eigenvalue weighted by Gasteiger charge is 2.60. The molecule has 0 amide bonds. The Morgan fingerprint density at radius 2 is 1.20 bits per heavy atom. The van der Waals surface area contributed by atoms with Gasteiger partial charge in [-0.1, -0.05) is 0 Å². The largest absolute Gasteiger partial charge is 0.448 e. The Kier molecular flexibility index (Phi) is 4.35. The monoisotopic (exact) mass is 244 g/mol. The molecule has 0 spiro atoms. The summed E-state index contributed by atoms with van der Waals surface area (Å²) in [6.45, 7) is -2.30. The van der Waals surface area contributed by atoms with Gasteiger partial charge in [0.2, 0.25) is 0 Å². The van der Waals surface area contributed by atoms with Crippen molar-refractivity contribution in [1.82, 2.24) is 0 Å². The van der Waals surface area contributed by atoms with Crippen molar-refractivity contribution in [1.29, 1.82) is 0 Å². The molecular weight excluding hydrogens is 237 g/mol. The van der Waals surface area contributed by atoms with Gasteiger partial charge in [-0.15, -0.1) is 0 Å². The quantitative estimate of drug-likeness (QED) is 0.692. The Labute approximate surface area is 79.9 Å². The van der Waals surface area contributed by atoms with Gasteiger partial charge in [-0.2, -0.15) is 30.7 Å². The van der Waals surface area contributed by atoms with Crippen molar-refractivity contribution < 1.29 is 40.2 Å². The van der Waals surface area contributed by atoms with Crippen molar-refractivity contribution >= 4 is 0 Å². The number of hydrogen-bond acceptors (Lipinski definition) is 2. The molecule has 0 saturated heterocycles. The Balaban J connectivity index is 4.40. The summed E-state index contributed by atoms with van der Waals surface area (Å²) in [6, 6.07) is 0. The van der Waals surface area contributed by atoms with Crippen molar-refractivity contribution in [3.8, 4) is 0 Å². The fourth-order valence-corrected chi connectivity index (χ4v) is 0.522. The minimum atomic E-state index is -5.32. The van der Waals surface area contributed by atoms with Crippen molar-refractivity contribution in [2.24, 2.45) is 0 Å². The molecule has 0 atom stereocenters. The minimum Gasteiger partial charge on any atom is -0.314 e. The molecule has 0 unspecified atom stereocenters. The fourth-order valence-electron chi connectivity index (χ4n) is 0.522. The van der Waals surface area contributed by atoms with Crippen LogP contribution in [0.4, 0.5) is 30.7 Å². The molecule has 0 bridgehead atoms. The van der Waals surface area contributed by atoms with Crippen LogP contribution in [-0.4, -0.2) is 31.6 Å². The van der Waals surface area contributed by atoms with Gasteiger partial charge in [0, 0.05) is 0 Å². The minimum absolute atomic E-state index is 0.794. The first-order chi connectivity index (χ1) is 6.52. The zero-order valence-electron chi connectivity index (χ0n) is 7.38. The lowest BCUT2D eigenvalue weighted by Crippen LogP contribution is -2.46. The SMILES string of the molecule is CCOC(F)(F)C(F)(F)OCC(F)(F)F. The van der Waals surface area contributed by atoms with Gasteiger partial charge in [-0.05, 0) is 6.92 Å². The molecule has 92 valence electrons. The van der Waals surface area contributed by atoms with Gasteiger partial charge < -0.3 is 9.47 Å². The molecule has 0 fully saturated rings. The summed E-state index contributed by atoms with van der Waals surface area (Å²) >= 11 is 0. The van der Waals surface area contributed by atoms with Gasteiger partial charge in [-0.3, -0.25) is 0 Å². The first kappa shape index (κ1) is 14.4. The van der Waals surface area contributed by atoms with Crippen LogP contribution in [0.1, 0.15) is 6.92 Å². The molecule has 0 aromatic heterocycles. The zero-order chi connectivity index (χ0) is 12.3. The van der Waals surface area contributed by atoms with E-state index in [9.17, 15) is 30.7 Å². The van der Waals surface area contributed by atoms with E-state index in [2.05, 4.69) is 9.47 Å². The fraction of sp³-hybridized carbons (Fsp3) is 1.00. The number of ether oxygens (including phenoxy) is 2. The van der Waals surface area contributed by atoms with Crippen LogP contribution in [0.5, 0.6) is 0 Å². The average Bonchev–Trinajstić information content (AvgIpc) is 1.99. The summed E-state index contributed by atoms with van der Waals surface area (Å²) in [5, 5.41) is 0. The number of halogens is 7. The second-order valence-corrected chi connectivity index (χ2v) is 2.37. The summed E-state index contributed by atoms with van der Waals surface area (Å²) in [6.07, 6.45) is -15.5. The maximum absolute atomic E-state index is 12.3. The third-order valence-electron chi connectivity index (χ3n) is 1.08. The molecule has 0 aliphatic rings. The summed E-state index contributed by atoms with van der Waals surface area (Å²) in [4.78, 5) is 0. The highest BCUT2D eigenvalue weighted by molar-refractivity contribution is 4.67. The Morgan fingerprint density at radius 1 is 0.800 bits per heavy atom. The van der Waals surface area contributed by atoms with Crippen LogP contribution in [0.15, 0.2) is 0 Å². The van der Waals surface area contributed by atoms with Gasteiger partial charge in [0.1, 0.15) is 6.61 Å². The summed E-state index contributed by atoms with van der Waals surface area (Å²) < 4.78 is 89.6. The van der Waals surface area contributed by atoms with Crippen molar-refractivity contribution in [3.63, 3.8) is 0 Å². The maximum atomic E-state index is 12.3. The van der Waals surface area contributed by atoms with Crippen molar-refractivity contribution in [2.75, 3.05) is 13.2 Å². The Bertz CT molecular complexity index is 200. The van der Waals surface area contributed by atoms with Gasteiger partial charge in [-0.25, -0.2) is 0 Å². The van der Waals surface area contributed by atoms with Crippen molar-refractivity contribution in [2.45, 2.75) is 25.3 Å². The molecule has 0 N–H and O–H groups in total. The van der Waals surface area contributed by atoms with Gasteiger partial charge in [0.05, 0.1) is 6.61 Å². The molecule has 2 nitrogen and oxygen atoms in total. The second kappa shape index (κ2) is 4.52. The molecule has 0 aromatic carbocycles. The third kappa shape index (κ3) is 4.65. The molecule has 0 heterocycles. The molecule has 0 aliphatic carbocycles. The van der Waals surface area contributed by atoms with E-state index in [1.54, 1.807) is 0 Å². The van der Waals surface area contributed by atoms with E-state index in [4.69, 9.17) is 0 Å². The van der Waals surface area contributed by atoms with Crippen molar-refractivity contribution in [3.05, 3.63) is 0 Å². The van der Waals surface area contributed by atoms with E-state index in [-0.39, 0.29) is 0 Å². The van der Waals surface area contributed by atoms with E-state index >= 15 is 0 Å². The molecule has 0 aromatic rings. The van der Waals surface area contributed by atoms with Crippen LogP contribution in [0.25, 0.3) is 0 Å². The van der Waals surface area contributed by atoms with Gasteiger partial charge in [0.25, 0.3) is 0 Å². The topological polar surface area (TPSA) is 18.5 Å². The lowest BCUT2D eigenvalue weighted by atomic mass is 10.5. The van der Waals surface area contributed by atoms with Crippen LogP contribution >= 0.6 is 0 Å². The van der Waals surface area contributed by atoms with E-state index in [1.807, 2.05) is 0 Å². The maximum Gasteiger partial charge on any atom is 0.448 e. The Hall–Kier alpha value is -0.570. The first-order valence-electron chi connectivity index (χ1n) is 3.62. The summed E-state index contributed by atoms with van der Waals surface area (Å²) in [7, 11) is 0. The molecule has 15 heavy (non-hydrogen) atoms. The van der Waals surface area contributed by atoms with E-state index in [0.717, 1.165) is 6.92 Å². The Morgan fingerprint density at radius 3 is 1.53 bits per heavy atom. The van der Waals surface area contributed by atoms with Gasteiger partial charge >= 0.3 is 18.4 Å². The van der Waals surface area contributed by atoms with E-state index in [0.29, 0.717) is 0 Å². The highest BCUT2D eigenvalue weighted by atomic mass is 19.4. The van der Waals surface area contributed by atoms with Crippen LogP contribution in [0.3, 0.4) is 0 Å². The molecule has 0 rings (SSSR count). The lowest BCUT2D eigenvalue weighted by Gasteiger charge is -2.25. The zero-order valence-corrected chi connectivity index (χ0v) is 7.38. The number of alkyl halides is 7. The van der Waals surface area contributed by atoms with Gasteiger partial charge in [0.15, 0.2) is 0 Å². The smallest absolute Gasteiger partial charge is 0.314 e. The first-order valence-corrected chi connectivity index (χ1v) is 3.62. The molecular formula is C6H7F7O2. The highest BCUT2D eigenvalue weighted by Crippen LogP contribution is 2.37. The van der Waals surface area contributed by atoms with Crippen LogP contribution in [0, 0.1) is 0 Å². The number of hydrogen-bond donors (Lipinski definition) is 0. The average molecular weight is 244 g/mol. The van der Waals surface area contributed by atoms with Crippen LogP contribution in [-0.2, 0) is 9.47 Å². The third-order valence-corrected chi connectivity index (χ3v) is 1.08. The standard InChI is InChI=1S/C6H7F7O2/c1-2-14-5(10,11)6(12,13)15-3-4(7,8)9/h2-3H2,1H3. The number of rotatable bonds is 5. The lowest BCUT2D eigenvalue weighted by molar-refractivity contribution is -0.439. The molecule has 0 aliphatic heterocycles. The van der Waals surface area contributed by atoms with E-state index in [1.165, 1.54) is 0 Å². The molecule has 0 radical (unpaired) electrons. The normalized spacial score (nSPS) is 14.4. The predicted octanol–water partition coefficient (Wildman–Crippen LogP) is 2.79. The molecule has 0 saturated carbocycles. The second-order valence-electron chi connectivity index (χ2n) is 2.37.